The molecule has 2 atom stereocenters. The Labute approximate surface area is 113 Å². The lowest BCUT2D eigenvalue weighted by molar-refractivity contribution is 0.276. The van der Waals surface area contributed by atoms with E-state index in [9.17, 15) is 8.42 Å². The first-order valence-corrected chi connectivity index (χ1v) is 8.85. The highest BCUT2D eigenvalue weighted by Crippen LogP contribution is 2.18. The van der Waals surface area contributed by atoms with Crippen molar-refractivity contribution in [2.75, 3.05) is 18.4 Å². The molecular formula is C11H23BrN2O2S. The van der Waals surface area contributed by atoms with Crippen molar-refractivity contribution in [3.63, 3.8) is 0 Å². The second kappa shape index (κ2) is 7.07. The number of hydrogen-bond acceptors (Lipinski definition) is 2. The second-order valence-corrected chi connectivity index (χ2v) is 7.46. The molecule has 102 valence electrons. The second-order valence-electron chi connectivity index (χ2n) is 4.96. The van der Waals surface area contributed by atoms with Gasteiger partial charge in [0.1, 0.15) is 0 Å². The van der Waals surface area contributed by atoms with Gasteiger partial charge in [0.2, 0.25) is 0 Å². The van der Waals surface area contributed by atoms with Gasteiger partial charge in [0, 0.05) is 24.5 Å². The third-order valence-electron chi connectivity index (χ3n) is 3.08. The number of halogens is 1. The molecule has 0 bridgehead atoms. The number of rotatable bonds is 6. The van der Waals surface area contributed by atoms with Crippen LogP contribution < -0.4 is 4.72 Å². The molecule has 1 N–H and O–H groups in total. The number of piperidine rings is 1. The van der Waals surface area contributed by atoms with Crippen LogP contribution in [0.1, 0.15) is 39.5 Å². The van der Waals surface area contributed by atoms with Crippen molar-refractivity contribution in [1.82, 2.24) is 9.03 Å². The maximum Gasteiger partial charge on any atom is 0.279 e. The maximum atomic E-state index is 12.1. The fraction of sp³-hybridized carbons (Fsp3) is 1.00. The summed E-state index contributed by atoms with van der Waals surface area (Å²) in [7, 11) is -3.28. The lowest BCUT2D eigenvalue weighted by Crippen LogP contribution is -2.48. The topological polar surface area (TPSA) is 49.4 Å². The monoisotopic (exact) mass is 326 g/mol. The van der Waals surface area contributed by atoms with E-state index >= 15 is 0 Å². The molecule has 0 radical (unpaired) electrons. The van der Waals surface area contributed by atoms with Gasteiger partial charge in [0.05, 0.1) is 0 Å². The smallest absolute Gasteiger partial charge is 0.199 e. The molecule has 0 aromatic rings. The van der Waals surface area contributed by atoms with Gasteiger partial charge in [-0.2, -0.15) is 17.4 Å². The zero-order chi connectivity index (χ0) is 12.9. The first-order valence-electron chi connectivity index (χ1n) is 6.29. The molecule has 0 aromatic heterocycles. The van der Waals surface area contributed by atoms with Gasteiger partial charge >= 0.3 is 0 Å². The summed E-state index contributed by atoms with van der Waals surface area (Å²) in [6.07, 6.45) is 3.96. The molecule has 1 heterocycles. The van der Waals surface area contributed by atoms with E-state index in [1.54, 1.807) is 4.31 Å². The highest BCUT2D eigenvalue weighted by Gasteiger charge is 2.27. The molecule has 0 spiro atoms. The molecule has 1 aliphatic heterocycles. The van der Waals surface area contributed by atoms with E-state index in [1.165, 1.54) is 0 Å². The van der Waals surface area contributed by atoms with Crippen molar-refractivity contribution in [2.45, 2.75) is 45.6 Å². The molecule has 6 heteroatoms. The van der Waals surface area contributed by atoms with Crippen molar-refractivity contribution < 1.29 is 8.42 Å². The van der Waals surface area contributed by atoms with Crippen molar-refractivity contribution in [2.24, 2.45) is 5.92 Å². The first kappa shape index (κ1) is 15.4. The highest BCUT2D eigenvalue weighted by molar-refractivity contribution is 9.09. The molecule has 1 aliphatic rings. The van der Waals surface area contributed by atoms with Gasteiger partial charge in [0.15, 0.2) is 0 Å². The predicted octanol–water partition coefficient (Wildman–Crippen LogP) is 2.12. The van der Waals surface area contributed by atoms with Crippen molar-refractivity contribution in [3.8, 4) is 0 Å². The lowest BCUT2D eigenvalue weighted by atomic mass is 10.0. The number of nitrogens with zero attached hydrogens (tertiary/aromatic N) is 1. The Bertz CT molecular complexity index is 321. The lowest BCUT2D eigenvalue weighted by Gasteiger charge is -2.31. The van der Waals surface area contributed by atoms with Gasteiger partial charge in [-0.05, 0) is 38.5 Å². The Morgan fingerprint density at radius 3 is 2.82 bits per heavy atom. The average molecular weight is 327 g/mol. The summed E-state index contributed by atoms with van der Waals surface area (Å²) in [5.74, 6) is 0.471. The molecular weight excluding hydrogens is 304 g/mol. The largest absolute Gasteiger partial charge is 0.279 e. The quantitative estimate of drug-likeness (QED) is 0.760. The van der Waals surface area contributed by atoms with Crippen molar-refractivity contribution in [1.29, 1.82) is 0 Å². The van der Waals surface area contributed by atoms with Crippen LogP contribution in [0.4, 0.5) is 0 Å². The molecule has 0 amide bonds. The van der Waals surface area contributed by atoms with E-state index in [0.717, 1.165) is 31.0 Å². The minimum atomic E-state index is -3.28. The fourth-order valence-electron chi connectivity index (χ4n) is 2.14. The summed E-state index contributed by atoms with van der Waals surface area (Å²) in [4.78, 5) is 0. The van der Waals surface area contributed by atoms with Gasteiger partial charge < -0.3 is 0 Å². The average Bonchev–Trinajstić information content (AvgIpc) is 2.26. The SMILES string of the molecule is CC1CCCN(S(=O)(=O)NC(C)CCCBr)C1. The standard InChI is InChI=1S/C11H23BrN2O2S/c1-10-5-4-8-14(9-10)17(15,16)13-11(2)6-3-7-12/h10-11,13H,3-9H2,1-2H3. The zero-order valence-corrected chi connectivity index (χ0v) is 13.1. The first-order chi connectivity index (χ1) is 7.95. The molecule has 0 aliphatic carbocycles. The Hall–Kier alpha value is 0.350. The summed E-state index contributed by atoms with van der Waals surface area (Å²) >= 11 is 3.35. The van der Waals surface area contributed by atoms with Crippen LogP contribution in [0.5, 0.6) is 0 Å². The van der Waals surface area contributed by atoms with E-state index in [4.69, 9.17) is 0 Å². The van der Waals surface area contributed by atoms with Gasteiger partial charge in [-0.25, -0.2) is 0 Å². The zero-order valence-electron chi connectivity index (χ0n) is 10.7. The summed E-state index contributed by atoms with van der Waals surface area (Å²) in [6.45, 7) is 5.34. The van der Waals surface area contributed by atoms with Crippen molar-refractivity contribution in [3.05, 3.63) is 0 Å². The van der Waals surface area contributed by atoms with E-state index in [2.05, 4.69) is 27.6 Å². The Balaban J connectivity index is 2.49. The van der Waals surface area contributed by atoms with E-state index in [-0.39, 0.29) is 6.04 Å². The molecule has 4 nitrogen and oxygen atoms in total. The third-order valence-corrected chi connectivity index (χ3v) is 5.35. The molecule has 2 unspecified atom stereocenters. The normalized spacial score (nSPS) is 24.8. The Morgan fingerprint density at radius 2 is 2.24 bits per heavy atom. The van der Waals surface area contributed by atoms with Crippen LogP contribution in [0.3, 0.4) is 0 Å². The predicted molar refractivity (Wildman–Crippen MR) is 74.5 cm³/mol. The molecule has 0 aromatic carbocycles. The van der Waals surface area contributed by atoms with Crippen LogP contribution in [0.2, 0.25) is 0 Å². The highest BCUT2D eigenvalue weighted by atomic mass is 79.9. The minimum Gasteiger partial charge on any atom is -0.199 e. The van der Waals surface area contributed by atoms with Crippen LogP contribution in [0, 0.1) is 5.92 Å². The summed E-state index contributed by atoms with van der Waals surface area (Å²) in [5.41, 5.74) is 0. The maximum absolute atomic E-state index is 12.1. The van der Waals surface area contributed by atoms with Crippen LogP contribution >= 0.6 is 15.9 Å². The van der Waals surface area contributed by atoms with Gasteiger partial charge in [-0.3, -0.25) is 0 Å². The third kappa shape index (κ3) is 5.24. The van der Waals surface area contributed by atoms with E-state index in [1.807, 2.05) is 6.92 Å². The van der Waals surface area contributed by atoms with Crippen LogP contribution in [-0.4, -0.2) is 37.2 Å². The number of alkyl halides is 1. The van der Waals surface area contributed by atoms with Gasteiger partial charge in [0.25, 0.3) is 10.2 Å². The molecule has 0 saturated carbocycles. The molecule has 1 saturated heterocycles. The number of hydrogen-bond donors (Lipinski definition) is 1. The van der Waals surface area contributed by atoms with Crippen LogP contribution in [0.25, 0.3) is 0 Å². The summed E-state index contributed by atoms with van der Waals surface area (Å²) < 4.78 is 28.6. The van der Waals surface area contributed by atoms with Gasteiger partial charge in [-0.15, -0.1) is 0 Å². The van der Waals surface area contributed by atoms with Crippen LogP contribution in [-0.2, 0) is 10.2 Å². The van der Waals surface area contributed by atoms with Crippen molar-refractivity contribution >= 4 is 26.1 Å². The molecule has 17 heavy (non-hydrogen) atoms. The molecule has 1 fully saturated rings. The summed E-state index contributed by atoms with van der Waals surface area (Å²) in [5, 5.41) is 0.916. The number of nitrogens with one attached hydrogen (secondary N) is 1. The Kier molecular flexibility index (Phi) is 6.40. The minimum absolute atomic E-state index is 0.00906. The van der Waals surface area contributed by atoms with Crippen LogP contribution in [0.15, 0.2) is 0 Å². The summed E-state index contributed by atoms with van der Waals surface area (Å²) in [6, 6.07) is 0.00906. The Morgan fingerprint density at radius 1 is 1.53 bits per heavy atom. The fourth-order valence-corrected chi connectivity index (χ4v) is 4.05. The molecule has 1 rings (SSSR count). The van der Waals surface area contributed by atoms with E-state index in [0.29, 0.717) is 19.0 Å². The van der Waals surface area contributed by atoms with E-state index < -0.39 is 10.2 Å². The van der Waals surface area contributed by atoms with Gasteiger partial charge in [-0.1, -0.05) is 22.9 Å².